The van der Waals surface area contributed by atoms with E-state index in [-0.39, 0.29) is 12.3 Å². The van der Waals surface area contributed by atoms with Crippen molar-refractivity contribution in [2.24, 2.45) is 0 Å². The van der Waals surface area contributed by atoms with Gasteiger partial charge in [0.2, 0.25) is 3.79 Å². The lowest BCUT2D eigenvalue weighted by atomic mass is 10.3. The molecule has 4 nitrogen and oxygen atoms in total. The lowest BCUT2D eigenvalue weighted by Crippen LogP contribution is -2.49. The number of carbonyl (C=O) groups is 1. The fourth-order valence-electron chi connectivity index (χ4n) is 1.45. The van der Waals surface area contributed by atoms with Gasteiger partial charge in [0, 0.05) is 11.6 Å². The van der Waals surface area contributed by atoms with Crippen molar-refractivity contribution in [1.82, 2.24) is 0 Å². The van der Waals surface area contributed by atoms with E-state index in [1.165, 1.54) is 12.1 Å². The Morgan fingerprint density at radius 1 is 1.47 bits per heavy atom. The van der Waals surface area contributed by atoms with E-state index in [2.05, 4.69) is 0 Å². The first-order valence-electron chi connectivity index (χ1n) is 5.23. The molecule has 1 rings (SSSR count). The van der Waals surface area contributed by atoms with Crippen LogP contribution in [0.2, 0.25) is 5.02 Å². The summed E-state index contributed by atoms with van der Waals surface area (Å²) in [6.07, 6.45) is -2.59. The number of nitrogens with zero attached hydrogens (tertiary/aromatic N) is 1. The normalized spacial score (nSPS) is 13.1. The van der Waals surface area contributed by atoms with Crippen LogP contribution in [0.3, 0.4) is 0 Å². The van der Waals surface area contributed by atoms with Crippen LogP contribution in [0, 0.1) is 0 Å². The zero-order valence-corrected chi connectivity index (χ0v) is 12.8. The number of alkyl halides is 3. The second kappa shape index (κ2) is 6.86. The Balaban J connectivity index is 3.21. The van der Waals surface area contributed by atoms with Crippen molar-refractivity contribution >= 4 is 58.2 Å². The first-order chi connectivity index (χ1) is 8.77. The SMILES string of the molecule is CCOC(N(C(=O)O)c1cccc(Cl)c1)C(Cl)(Cl)Cl. The summed E-state index contributed by atoms with van der Waals surface area (Å²) in [7, 11) is 0. The minimum Gasteiger partial charge on any atom is -0.465 e. The Hall–Kier alpha value is -0.390. The molecular weight excluding hydrogens is 336 g/mol. The van der Waals surface area contributed by atoms with E-state index >= 15 is 0 Å². The topological polar surface area (TPSA) is 49.8 Å². The zero-order valence-electron chi connectivity index (χ0n) is 9.82. The Labute approximate surface area is 130 Å². The fraction of sp³-hybridized carbons (Fsp3) is 0.364. The van der Waals surface area contributed by atoms with E-state index in [0.717, 1.165) is 4.90 Å². The van der Waals surface area contributed by atoms with Gasteiger partial charge in [0.1, 0.15) is 0 Å². The molecule has 0 saturated carbocycles. The maximum Gasteiger partial charge on any atom is 0.414 e. The van der Waals surface area contributed by atoms with Gasteiger partial charge in [-0.3, -0.25) is 0 Å². The molecule has 8 heteroatoms. The molecule has 19 heavy (non-hydrogen) atoms. The monoisotopic (exact) mass is 345 g/mol. The number of carboxylic acid groups (broad SMARTS) is 1. The van der Waals surface area contributed by atoms with Crippen LogP contribution in [-0.2, 0) is 4.74 Å². The molecule has 1 atom stereocenters. The molecule has 1 aromatic carbocycles. The number of anilines is 1. The van der Waals surface area contributed by atoms with Crippen LogP contribution in [-0.4, -0.2) is 27.8 Å². The molecule has 0 spiro atoms. The van der Waals surface area contributed by atoms with Crippen molar-refractivity contribution in [3.05, 3.63) is 29.3 Å². The van der Waals surface area contributed by atoms with Gasteiger partial charge >= 0.3 is 6.09 Å². The van der Waals surface area contributed by atoms with Crippen LogP contribution in [0.5, 0.6) is 0 Å². The van der Waals surface area contributed by atoms with Crippen molar-refractivity contribution in [2.45, 2.75) is 16.9 Å². The number of hydrogen-bond acceptors (Lipinski definition) is 2. The third-order valence-corrected chi connectivity index (χ3v) is 2.93. The predicted molar refractivity (Wildman–Crippen MR) is 77.7 cm³/mol. The molecule has 1 N–H and O–H groups in total. The van der Waals surface area contributed by atoms with Gasteiger partial charge in [-0.15, -0.1) is 0 Å². The Morgan fingerprint density at radius 2 is 2.11 bits per heavy atom. The first-order valence-corrected chi connectivity index (χ1v) is 6.74. The molecule has 0 aliphatic rings. The van der Waals surface area contributed by atoms with Crippen LogP contribution >= 0.6 is 46.4 Å². The highest BCUT2D eigenvalue weighted by atomic mass is 35.6. The van der Waals surface area contributed by atoms with E-state index in [1.54, 1.807) is 19.1 Å². The summed E-state index contributed by atoms with van der Waals surface area (Å²) in [6, 6.07) is 6.17. The quantitative estimate of drug-likeness (QED) is 0.642. The lowest BCUT2D eigenvalue weighted by molar-refractivity contribution is 0.0620. The van der Waals surface area contributed by atoms with Crippen molar-refractivity contribution in [3.8, 4) is 0 Å². The van der Waals surface area contributed by atoms with Crippen LogP contribution in [0.4, 0.5) is 10.5 Å². The second-order valence-corrected chi connectivity index (χ2v) is 6.29. The summed E-state index contributed by atoms with van der Waals surface area (Å²) in [5, 5.41) is 9.67. The molecule has 1 unspecified atom stereocenters. The summed E-state index contributed by atoms with van der Waals surface area (Å²) in [4.78, 5) is 12.2. The Morgan fingerprint density at radius 3 is 2.53 bits per heavy atom. The lowest BCUT2D eigenvalue weighted by Gasteiger charge is -2.33. The molecule has 106 valence electrons. The van der Waals surface area contributed by atoms with Gasteiger partial charge in [0.25, 0.3) is 0 Å². The molecular formula is C11H11Cl4NO3. The van der Waals surface area contributed by atoms with Gasteiger partial charge < -0.3 is 9.84 Å². The highest BCUT2D eigenvalue weighted by molar-refractivity contribution is 6.68. The molecule has 0 heterocycles. The largest absolute Gasteiger partial charge is 0.465 e. The zero-order chi connectivity index (χ0) is 14.6. The number of ether oxygens (including phenoxy) is 1. The molecule has 0 fully saturated rings. The van der Waals surface area contributed by atoms with Gasteiger partial charge in [0.05, 0.1) is 5.69 Å². The Kier molecular flexibility index (Phi) is 6.02. The summed E-state index contributed by atoms with van der Waals surface area (Å²) >= 11 is 23.2. The first kappa shape index (κ1) is 16.7. The van der Waals surface area contributed by atoms with Crippen molar-refractivity contribution < 1.29 is 14.6 Å². The maximum atomic E-state index is 11.4. The third-order valence-electron chi connectivity index (χ3n) is 2.13. The summed E-state index contributed by atoms with van der Waals surface area (Å²) in [6.45, 7) is 1.85. The molecule has 0 bridgehead atoms. The van der Waals surface area contributed by atoms with E-state index in [0.29, 0.717) is 5.02 Å². The summed E-state index contributed by atoms with van der Waals surface area (Å²) in [5.41, 5.74) is 0.254. The molecule has 1 aromatic rings. The molecule has 0 radical (unpaired) electrons. The van der Waals surface area contributed by atoms with Gasteiger partial charge in [-0.2, -0.15) is 0 Å². The maximum absolute atomic E-state index is 11.4. The Bertz CT molecular complexity index is 450. The van der Waals surface area contributed by atoms with Crippen LogP contribution in [0.1, 0.15) is 6.92 Å². The highest BCUT2D eigenvalue weighted by Gasteiger charge is 2.41. The molecule has 0 aliphatic carbocycles. The minimum absolute atomic E-state index is 0.183. The van der Waals surface area contributed by atoms with Gasteiger partial charge in [0.15, 0.2) is 6.23 Å². The van der Waals surface area contributed by atoms with Crippen LogP contribution < -0.4 is 4.90 Å². The van der Waals surface area contributed by atoms with E-state index < -0.39 is 16.1 Å². The second-order valence-electron chi connectivity index (χ2n) is 3.48. The number of rotatable bonds is 4. The smallest absolute Gasteiger partial charge is 0.414 e. The van der Waals surface area contributed by atoms with E-state index in [4.69, 9.17) is 51.1 Å². The average Bonchev–Trinajstić information content (AvgIpc) is 2.26. The number of hydrogen-bond donors (Lipinski definition) is 1. The van der Waals surface area contributed by atoms with E-state index in [9.17, 15) is 9.90 Å². The number of halogens is 4. The van der Waals surface area contributed by atoms with Gasteiger partial charge in [-0.05, 0) is 25.1 Å². The van der Waals surface area contributed by atoms with Gasteiger partial charge in [-0.25, -0.2) is 9.69 Å². The predicted octanol–water partition coefficient (Wildman–Crippen LogP) is 4.56. The standard InChI is InChI=1S/C11H11Cl4NO3/c1-2-19-9(11(13,14)15)16(10(17)18)8-5-3-4-7(12)6-8/h3-6,9H,2H2,1H3,(H,17,18). The highest BCUT2D eigenvalue weighted by Crippen LogP contribution is 2.37. The van der Waals surface area contributed by atoms with Crippen LogP contribution in [0.25, 0.3) is 0 Å². The van der Waals surface area contributed by atoms with Crippen molar-refractivity contribution in [3.63, 3.8) is 0 Å². The van der Waals surface area contributed by atoms with Crippen molar-refractivity contribution in [1.29, 1.82) is 0 Å². The van der Waals surface area contributed by atoms with Crippen molar-refractivity contribution in [2.75, 3.05) is 11.5 Å². The summed E-state index contributed by atoms with van der Waals surface area (Å²) < 4.78 is 3.30. The third kappa shape index (κ3) is 4.58. The molecule has 0 aromatic heterocycles. The molecule has 0 saturated heterocycles. The fourth-order valence-corrected chi connectivity index (χ4v) is 2.11. The molecule has 0 aliphatic heterocycles. The van der Waals surface area contributed by atoms with Crippen LogP contribution in [0.15, 0.2) is 24.3 Å². The average molecular weight is 347 g/mol. The number of amides is 1. The summed E-state index contributed by atoms with van der Waals surface area (Å²) in [5.74, 6) is 0. The van der Waals surface area contributed by atoms with E-state index in [1.807, 2.05) is 0 Å². The van der Waals surface area contributed by atoms with Gasteiger partial charge in [-0.1, -0.05) is 52.5 Å². The minimum atomic E-state index is -1.93. The molecule has 1 amide bonds. The number of benzene rings is 1.